The van der Waals surface area contributed by atoms with Gasteiger partial charge in [0.15, 0.2) is 0 Å². The number of aromatic amines is 1. The van der Waals surface area contributed by atoms with Crippen molar-refractivity contribution in [1.29, 1.82) is 0 Å². The molecule has 2 rings (SSSR count). The first-order valence-corrected chi connectivity index (χ1v) is 13.4. The van der Waals surface area contributed by atoms with Crippen molar-refractivity contribution in [1.82, 2.24) is 20.9 Å². The molecule has 1 aromatic heterocycles. The van der Waals surface area contributed by atoms with E-state index in [1.165, 1.54) is 0 Å². The Balaban J connectivity index is 2.10. The van der Waals surface area contributed by atoms with E-state index in [9.17, 15) is 29.1 Å². The average molecular weight is 560 g/mol. The number of fused-ring (bicyclic) bond motifs is 1. The zero-order valence-electron chi connectivity index (χ0n) is 22.9. The Labute approximate surface area is 233 Å². The largest absolute Gasteiger partial charge is 0.480 e. The average Bonchev–Trinajstić information content (AvgIpc) is 3.30. The normalized spacial score (nSPS) is 14.2. The van der Waals surface area contributed by atoms with Gasteiger partial charge in [0, 0.05) is 23.5 Å². The van der Waals surface area contributed by atoms with Gasteiger partial charge in [-0.25, -0.2) is 4.79 Å². The molecule has 11 N–H and O–H groups in total. The van der Waals surface area contributed by atoms with Gasteiger partial charge in [-0.05, 0) is 56.2 Å². The minimum absolute atomic E-state index is 0.190. The molecule has 0 aliphatic heterocycles. The summed E-state index contributed by atoms with van der Waals surface area (Å²) in [5, 5.41) is 18.1. The van der Waals surface area contributed by atoms with Gasteiger partial charge in [-0.1, -0.05) is 32.0 Å². The number of aliphatic carboxylic acids is 1. The number of hydrogen-bond acceptors (Lipinski definition) is 7. The van der Waals surface area contributed by atoms with Crippen LogP contribution < -0.4 is 33.2 Å². The number of nitrogens with one attached hydrogen (secondary N) is 4. The fourth-order valence-electron chi connectivity index (χ4n) is 4.26. The molecule has 0 radical (unpaired) electrons. The molecule has 0 saturated carbocycles. The van der Waals surface area contributed by atoms with Crippen molar-refractivity contribution in [3.8, 4) is 0 Å². The number of unbranched alkanes of at least 4 members (excludes halogenated alkanes) is 1. The molecule has 0 saturated heterocycles. The van der Waals surface area contributed by atoms with E-state index in [0.717, 1.165) is 16.5 Å². The quantitative estimate of drug-likeness (QED) is 0.119. The second-order valence-corrected chi connectivity index (χ2v) is 10.2. The van der Waals surface area contributed by atoms with Crippen LogP contribution in [-0.4, -0.2) is 70.4 Å². The monoisotopic (exact) mass is 559 g/mol. The molecule has 0 spiro atoms. The molecular weight excluding hydrogens is 518 g/mol. The molecule has 40 heavy (non-hydrogen) atoms. The highest BCUT2D eigenvalue weighted by molar-refractivity contribution is 5.94. The number of para-hydroxylation sites is 1. The molecule has 1 heterocycles. The molecular formula is C27H41N7O6. The Kier molecular flexibility index (Phi) is 12.6. The highest BCUT2D eigenvalue weighted by Crippen LogP contribution is 2.19. The lowest BCUT2D eigenvalue weighted by atomic mass is 10.00. The third-order valence-corrected chi connectivity index (χ3v) is 6.57. The van der Waals surface area contributed by atoms with Gasteiger partial charge < -0.3 is 43.2 Å². The Bertz CT molecular complexity index is 1180. The zero-order valence-corrected chi connectivity index (χ0v) is 22.9. The molecule has 0 aliphatic rings. The number of carboxylic acids is 1. The smallest absolute Gasteiger partial charge is 0.326 e. The maximum Gasteiger partial charge on any atom is 0.326 e. The first-order chi connectivity index (χ1) is 18.9. The van der Waals surface area contributed by atoms with Crippen LogP contribution in [0.2, 0.25) is 0 Å². The lowest BCUT2D eigenvalue weighted by Crippen LogP contribution is -2.58. The van der Waals surface area contributed by atoms with E-state index >= 15 is 0 Å². The number of benzene rings is 1. The number of aromatic nitrogens is 1. The highest BCUT2D eigenvalue weighted by atomic mass is 16.4. The minimum Gasteiger partial charge on any atom is -0.480 e. The van der Waals surface area contributed by atoms with E-state index in [1.54, 1.807) is 20.0 Å². The van der Waals surface area contributed by atoms with Crippen molar-refractivity contribution in [2.24, 2.45) is 23.1 Å². The van der Waals surface area contributed by atoms with Crippen LogP contribution in [-0.2, 0) is 30.4 Å². The zero-order chi connectivity index (χ0) is 29.8. The lowest BCUT2D eigenvalue weighted by molar-refractivity contribution is -0.142. The Morgan fingerprint density at radius 3 is 2.23 bits per heavy atom. The second kappa shape index (κ2) is 15.6. The number of amides is 4. The number of nitrogens with two attached hydrogens (primary N) is 3. The molecule has 4 atom stereocenters. The number of carboxylic acid groups (broad SMARTS) is 1. The van der Waals surface area contributed by atoms with E-state index in [0.29, 0.717) is 19.4 Å². The SMILES string of the molecule is CC(C)[C@H](NC(=O)[C@@H](N)Cc1c[nH]c2ccccc12)C(=O)N[C@@H](CCCCN)C(=O)N[C@@H](CCC(N)=O)C(=O)O. The fraction of sp³-hybridized carbons (Fsp3) is 0.519. The van der Waals surface area contributed by atoms with Gasteiger partial charge in [0.25, 0.3) is 0 Å². The van der Waals surface area contributed by atoms with E-state index in [4.69, 9.17) is 17.2 Å². The van der Waals surface area contributed by atoms with Crippen LogP contribution in [0.4, 0.5) is 0 Å². The number of carbonyl (C=O) groups is 5. The number of hydrogen-bond donors (Lipinski definition) is 8. The molecule has 13 heteroatoms. The number of rotatable bonds is 17. The standard InChI is InChI=1S/C27H41N7O6/c1-15(2)23(34-24(36)18(29)13-16-14-31-19-8-4-3-7-17(16)19)26(38)32-20(9-5-6-12-28)25(37)33-21(27(39)40)10-11-22(30)35/h3-4,7-8,14-15,18,20-21,23,31H,5-6,9-13,28-29H2,1-2H3,(H2,30,35)(H,32,38)(H,33,37)(H,34,36)(H,39,40)/t18-,20-,21-,23-/m0/s1. The number of H-pyrrole nitrogens is 1. The Hall–Kier alpha value is -3.97. The van der Waals surface area contributed by atoms with Crippen molar-refractivity contribution in [2.45, 2.75) is 76.5 Å². The number of carbonyl (C=O) groups excluding carboxylic acids is 4. The van der Waals surface area contributed by atoms with Crippen molar-refractivity contribution in [2.75, 3.05) is 6.54 Å². The predicted octanol–water partition coefficient (Wildman–Crippen LogP) is -0.373. The van der Waals surface area contributed by atoms with Gasteiger partial charge in [0.2, 0.25) is 23.6 Å². The third-order valence-electron chi connectivity index (χ3n) is 6.57. The Morgan fingerprint density at radius 1 is 0.925 bits per heavy atom. The molecule has 0 bridgehead atoms. The number of primary amides is 1. The molecule has 1 aromatic carbocycles. The van der Waals surface area contributed by atoms with Gasteiger partial charge in [-0.15, -0.1) is 0 Å². The van der Waals surface area contributed by atoms with Crippen LogP contribution in [0.15, 0.2) is 30.5 Å². The summed E-state index contributed by atoms with van der Waals surface area (Å²) in [5.74, 6) is -4.25. The fourth-order valence-corrected chi connectivity index (χ4v) is 4.26. The van der Waals surface area contributed by atoms with E-state index in [1.807, 2.05) is 24.3 Å². The minimum atomic E-state index is -1.36. The topological polar surface area (TPSA) is 236 Å². The Morgan fingerprint density at radius 2 is 1.60 bits per heavy atom. The molecule has 220 valence electrons. The van der Waals surface area contributed by atoms with Crippen molar-refractivity contribution < 1.29 is 29.1 Å². The van der Waals surface area contributed by atoms with Gasteiger partial charge in [0.05, 0.1) is 6.04 Å². The third kappa shape index (κ3) is 9.65. The van der Waals surface area contributed by atoms with Crippen LogP contribution in [0.5, 0.6) is 0 Å². The predicted molar refractivity (Wildman–Crippen MR) is 150 cm³/mol. The van der Waals surface area contributed by atoms with E-state index in [2.05, 4.69) is 20.9 Å². The second-order valence-electron chi connectivity index (χ2n) is 10.2. The molecule has 0 unspecified atom stereocenters. The first kappa shape index (κ1) is 32.2. The highest BCUT2D eigenvalue weighted by Gasteiger charge is 2.31. The molecule has 4 amide bonds. The summed E-state index contributed by atoms with van der Waals surface area (Å²) in [5.41, 5.74) is 18.6. The lowest BCUT2D eigenvalue weighted by Gasteiger charge is -2.27. The van der Waals surface area contributed by atoms with Crippen LogP contribution in [0.1, 0.15) is 51.5 Å². The van der Waals surface area contributed by atoms with Gasteiger partial charge in [-0.3, -0.25) is 19.2 Å². The van der Waals surface area contributed by atoms with Crippen LogP contribution >= 0.6 is 0 Å². The van der Waals surface area contributed by atoms with Crippen molar-refractivity contribution in [3.05, 3.63) is 36.0 Å². The molecule has 13 nitrogen and oxygen atoms in total. The van der Waals surface area contributed by atoms with E-state index < -0.39 is 53.8 Å². The molecule has 2 aromatic rings. The van der Waals surface area contributed by atoms with Gasteiger partial charge >= 0.3 is 5.97 Å². The maximum atomic E-state index is 13.3. The summed E-state index contributed by atoms with van der Waals surface area (Å²) in [6, 6.07) is 3.24. The summed E-state index contributed by atoms with van der Waals surface area (Å²) < 4.78 is 0. The summed E-state index contributed by atoms with van der Waals surface area (Å²) in [6.07, 6.45) is 2.87. The first-order valence-electron chi connectivity index (χ1n) is 13.4. The maximum absolute atomic E-state index is 13.3. The van der Waals surface area contributed by atoms with Crippen LogP contribution in [0.25, 0.3) is 10.9 Å². The van der Waals surface area contributed by atoms with Crippen LogP contribution in [0.3, 0.4) is 0 Å². The van der Waals surface area contributed by atoms with Crippen LogP contribution in [0, 0.1) is 5.92 Å². The van der Waals surface area contributed by atoms with Crippen molar-refractivity contribution >= 4 is 40.5 Å². The van der Waals surface area contributed by atoms with Gasteiger partial charge in [0.1, 0.15) is 18.1 Å². The molecule has 0 aliphatic carbocycles. The van der Waals surface area contributed by atoms with E-state index in [-0.39, 0.29) is 31.6 Å². The summed E-state index contributed by atoms with van der Waals surface area (Å²) in [6.45, 7) is 3.85. The molecule has 0 fully saturated rings. The summed E-state index contributed by atoms with van der Waals surface area (Å²) in [4.78, 5) is 65.1. The van der Waals surface area contributed by atoms with Gasteiger partial charge in [-0.2, -0.15) is 0 Å². The summed E-state index contributed by atoms with van der Waals surface area (Å²) >= 11 is 0. The summed E-state index contributed by atoms with van der Waals surface area (Å²) in [7, 11) is 0. The van der Waals surface area contributed by atoms with Crippen molar-refractivity contribution in [3.63, 3.8) is 0 Å².